The Kier molecular flexibility index (Phi) is 5.75. The molecule has 1 atom stereocenters. The Morgan fingerprint density at radius 3 is 2.53 bits per heavy atom. The van der Waals surface area contributed by atoms with Crippen LogP contribution in [0.3, 0.4) is 0 Å². The molecule has 0 bridgehead atoms. The highest BCUT2D eigenvalue weighted by Crippen LogP contribution is 2.11. The van der Waals surface area contributed by atoms with E-state index in [4.69, 9.17) is 4.74 Å². The first-order chi connectivity index (χ1) is 9.02. The van der Waals surface area contributed by atoms with Gasteiger partial charge in [0, 0.05) is 11.8 Å². The molecule has 1 amide bonds. The third kappa shape index (κ3) is 5.35. The van der Waals surface area contributed by atoms with Gasteiger partial charge in [0.2, 0.25) is 0 Å². The fourth-order valence-corrected chi connectivity index (χ4v) is 1.30. The number of carbonyl (C=O) groups is 2. The van der Waals surface area contributed by atoms with Gasteiger partial charge in [-0.2, -0.15) is 0 Å². The van der Waals surface area contributed by atoms with Gasteiger partial charge in [-0.15, -0.1) is 0 Å². The molecule has 5 heteroatoms. The molecule has 0 radical (unpaired) electrons. The number of nitrogens with one attached hydrogen (secondary N) is 1. The van der Waals surface area contributed by atoms with Crippen molar-refractivity contribution in [3.63, 3.8) is 0 Å². The standard InChI is InChI=1S/C14H18N2O3/c1-3-19-13(17)9-6-11-4-7-12(8-5-11)16-14(18)10(2)15/h4-10H,3,15H2,1-2H3,(H,16,18)/p+1/b9-6+/t10-/m1/s1. The number of hydrogen-bond acceptors (Lipinski definition) is 3. The molecule has 1 rings (SSSR count). The highest BCUT2D eigenvalue weighted by molar-refractivity contribution is 5.93. The summed E-state index contributed by atoms with van der Waals surface area (Å²) in [7, 11) is 0. The van der Waals surface area contributed by atoms with Crippen molar-refractivity contribution in [2.75, 3.05) is 11.9 Å². The fourth-order valence-electron chi connectivity index (χ4n) is 1.30. The van der Waals surface area contributed by atoms with Gasteiger partial charge in [-0.05, 0) is 37.6 Å². The first-order valence-corrected chi connectivity index (χ1v) is 6.11. The van der Waals surface area contributed by atoms with Crippen LogP contribution in [-0.4, -0.2) is 24.5 Å². The maximum atomic E-state index is 11.4. The van der Waals surface area contributed by atoms with Crippen LogP contribution in [0.2, 0.25) is 0 Å². The number of ether oxygens (including phenoxy) is 1. The molecule has 4 N–H and O–H groups in total. The summed E-state index contributed by atoms with van der Waals surface area (Å²) in [6.45, 7) is 3.84. The van der Waals surface area contributed by atoms with Gasteiger partial charge in [-0.3, -0.25) is 4.79 Å². The molecule has 0 aromatic heterocycles. The fraction of sp³-hybridized carbons (Fsp3) is 0.286. The lowest BCUT2D eigenvalue weighted by atomic mass is 10.2. The zero-order chi connectivity index (χ0) is 14.3. The second kappa shape index (κ2) is 7.33. The molecule has 0 heterocycles. The van der Waals surface area contributed by atoms with Gasteiger partial charge in [-0.25, -0.2) is 4.79 Å². The van der Waals surface area contributed by atoms with E-state index in [1.54, 1.807) is 44.2 Å². The number of rotatable bonds is 5. The summed E-state index contributed by atoms with van der Waals surface area (Å²) in [5, 5.41) is 2.74. The quantitative estimate of drug-likeness (QED) is 0.609. The van der Waals surface area contributed by atoms with E-state index in [2.05, 4.69) is 11.1 Å². The number of anilines is 1. The van der Waals surface area contributed by atoms with E-state index in [1.807, 2.05) is 0 Å². The summed E-state index contributed by atoms with van der Waals surface area (Å²) in [6.07, 6.45) is 3.03. The molecule has 0 spiro atoms. The van der Waals surface area contributed by atoms with E-state index >= 15 is 0 Å². The van der Waals surface area contributed by atoms with E-state index < -0.39 is 0 Å². The summed E-state index contributed by atoms with van der Waals surface area (Å²) in [5.74, 6) is -0.499. The molecule has 0 fully saturated rings. The number of hydrogen-bond donors (Lipinski definition) is 2. The second-order valence-electron chi connectivity index (χ2n) is 4.10. The van der Waals surface area contributed by atoms with Crippen LogP contribution in [0.1, 0.15) is 19.4 Å². The van der Waals surface area contributed by atoms with Crippen molar-refractivity contribution in [3.8, 4) is 0 Å². The average molecular weight is 263 g/mol. The number of quaternary nitrogens is 1. The first-order valence-electron chi connectivity index (χ1n) is 6.11. The van der Waals surface area contributed by atoms with E-state index in [0.717, 1.165) is 5.56 Å². The van der Waals surface area contributed by atoms with E-state index in [-0.39, 0.29) is 17.9 Å². The van der Waals surface area contributed by atoms with Crippen molar-refractivity contribution < 1.29 is 20.1 Å². The molecule has 0 aliphatic heterocycles. The summed E-state index contributed by atoms with van der Waals surface area (Å²) in [5.41, 5.74) is 5.20. The van der Waals surface area contributed by atoms with Crippen molar-refractivity contribution >= 4 is 23.6 Å². The van der Waals surface area contributed by atoms with Gasteiger partial charge < -0.3 is 15.8 Å². The molecule has 102 valence electrons. The highest BCUT2D eigenvalue weighted by atomic mass is 16.5. The normalized spacial score (nSPS) is 12.2. The zero-order valence-electron chi connectivity index (χ0n) is 11.2. The lowest BCUT2D eigenvalue weighted by Gasteiger charge is -2.05. The van der Waals surface area contributed by atoms with Crippen LogP contribution < -0.4 is 11.1 Å². The lowest BCUT2D eigenvalue weighted by molar-refractivity contribution is -0.396. The SMILES string of the molecule is CCOC(=O)/C=C/c1ccc(NC(=O)[C@@H](C)[NH3+])cc1. The topological polar surface area (TPSA) is 83.0 Å². The number of amides is 1. The largest absolute Gasteiger partial charge is 0.463 e. The first kappa shape index (κ1) is 14.9. The maximum absolute atomic E-state index is 11.4. The van der Waals surface area contributed by atoms with Crippen LogP contribution >= 0.6 is 0 Å². The van der Waals surface area contributed by atoms with Gasteiger partial charge in [-0.1, -0.05) is 12.1 Å². The highest BCUT2D eigenvalue weighted by Gasteiger charge is 2.10. The number of esters is 1. The van der Waals surface area contributed by atoms with Crippen molar-refractivity contribution in [1.29, 1.82) is 0 Å². The van der Waals surface area contributed by atoms with E-state index in [9.17, 15) is 9.59 Å². The summed E-state index contributed by atoms with van der Waals surface area (Å²) in [4.78, 5) is 22.6. The smallest absolute Gasteiger partial charge is 0.330 e. The predicted octanol–water partition coefficient (Wildman–Crippen LogP) is 0.832. The minimum Gasteiger partial charge on any atom is -0.463 e. The summed E-state index contributed by atoms with van der Waals surface area (Å²) in [6, 6.07) is 6.84. The van der Waals surface area contributed by atoms with Crippen LogP contribution in [0.25, 0.3) is 6.08 Å². The van der Waals surface area contributed by atoms with Crippen LogP contribution in [-0.2, 0) is 14.3 Å². The van der Waals surface area contributed by atoms with Crippen molar-refractivity contribution in [2.45, 2.75) is 19.9 Å². The van der Waals surface area contributed by atoms with Crippen molar-refractivity contribution in [2.24, 2.45) is 0 Å². The third-order valence-electron chi connectivity index (χ3n) is 2.32. The van der Waals surface area contributed by atoms with Crippen LogP contribution in [0.5, 0.6) is 0 Å². The summed E-state index contributed by atoms with van der Waals surface area (Å²) >= 11 is 0. The van der Waals surface area contributed by atoms with Gasteiger partial charge in [0.15, 0.2) is 6.04 Å². The Balaban J connectivity index is 2.61. The van der Waals surface area contributed by atoms with Crippen LogP contribution in [0, 0.1) is 0 Å². The molecule has 0 aliphatic carbocycles. The lowest BCUT2D eigenvalue weighted by Crippen LogP contribution is -2.64. The molecule has 5 nitrogen and oxygen atoms in total. The van der Waals surface area contributed by atoms with Gasteiger partial charge in [0.25, 0.3) is 5.91 Å². The number of benzene rings is 1. The van der Waals surface area contributed by atoms with Crippen molar-refractivity contribution in [3.05, 3.63) is 35.9 Å². The van der Waals surface area contributed by atoms with Crippen molar-refractivity contribution in [1.82, 2.24) is 0 Å². The molecule has 0 saturated heterocycles. The second-order valence-corrected chi connectivity index (χ2v) is 4.10. The Bertz CT molecular complexity index is 464. The zero-order valence-corrected chi connectivity index (χ0v) is 11.2. The molecule has 0 aliphatic rings. The minimum atomic E-state index is -0.370. The van der Waals surface area contributed by atoms with Gasteiger partial charge in [0.1, 0.15) is 0 Å². The van der Waals surface area contributed by atoms with E-state index in [1.165, 1.54) is 6.08 Å². The molecule has 0 unspecified atom stereocenters. The predicted molar refractivity (Wildman–Crippen MR) is 73.1 cm³/mol. The maximum Gasteiger partial charge on any atom is 0.330 e. The molecule has 0 saturated carbocycles. The monoisotopic (exact) mass is 263 g/mol. The molecule has 19 heavy (non-hydrogen) atoms. The minimum absolute atomic E-state index is 0.130. The average Bonchev–Trinajstić information content (AvgIpc) is 2.38. The van der Waals surface area contributed by atoms with E-state index in [0.29, 0.717) is 12.3 Å². The van der Waals surface area contributed by atoms with Crippen LogP contribution in [0.15, 0.2) is 30.3 Å². The van der Waals surface area contributed by atoms with Gasteiger partial charge >= 0.3 is 5.97 Å². The molecular formula is C14H19N2O3+. The van der Waals surface area contributed by atoms with Crippen LogP contribution in [0.4, 0.5) is 5.69 Å². The summed E-state index contributed by atoms with van der Waals surface area (Å²) < 4.78 is 4.78. The molecular weight excluding hydrogens is 244 g/mol. The molecule has 1 aromatic carbocycles. The third-order valence-corrected chi connectivity index (χ3v) is 2.32. The Morgan fingerprint density at radius 2 is 2.00 bits per heavy atom. The molecule has 1 aromatic rings. The van der Waals surface area contributed by atoms with Gasteiger partial charge in [0.05, 0.1) is 6.61 Å². The Labute approximate surface area is 112 Å². The number of carbonyl (C=O) groups excluding carboxylic acids is 2. The Hall–Kier alpha value is -2.14. The Morgan fingerprint density at radius 1 is 1.37 bits per heavy atom.